The number of azo groups is 1. The van der Waals surface area contributed by atoms with E-state index in [1.807, 2.05) is 36.4 Å². The number of aromatic nitrogens is 1. The Bertz CT molecular complexity index is 1640. The molecule has 0 aliphatic carbocycles. The summed E-state index contributed by atoms with van der Waals surface area (Å²) in [7, 11) is 0. The third kappa shape index (κ3) is 4.54. The average molecular weight is 492 g/mol. The van der Waals surface area contributed by atoms with Crippen LogP contribution in [0.3, 0.4) is 0 Å². The molecule has 0 saturated carbocycles. The van der Waals surface area contributed by atoms with Gasteiger partial charge in [0.2, 0.25) is 5.88 Å². The van der Waals surface area contributed by atoms with Crippen LogP contribution in [0.25, 0.3) is 27.7 Å². The molecule has 0 unspecified atom stereocenters. The van der Waals surface area contributed by atoms with E-state index < -0.39 is 5.97 Å². The SMILES string of the molecule is CCCc1ccc(-n2c(O)c(N=Nc3cccc(-c4cccc(C(=O)O)c4)c3O)c3ccccc32)cc1. The van der Waals surface area contributed by atoms with Crippen molar-refractivity contribution < 1.29 is 20.1 Å². The van der Waals surface area contributed by atoms with Crippen molar-refractivity contribution in [3.8, 4) is 28.4 Å². The Labute approximate surface area is 213 Å². The third-order valence-corrected chi connectivity index (χ3v) is 6.25. The molecule has 0 spiro atoms. The number of benzene rings is 4. The lowest BCUT2D eigenvalue weighted by Crippen LogP contribution is -1.95. The van der Waals surface area contributed by atoms with E-state index in [-0.39, 0.29) is 28.6 Å². The first-order chi connectivity index (χ1) is 18.0. The number of aryl methyl sites for hydroxylation is 1. The Morgan fingerprint density at radius 3 is 2.38 bits per heavy atom. The number of carboxylic acids is 1. The van der Waals surface area contributed by atoms with E-state index in [4.69, 9.17) is 0 Å². The van der Waals surface area contributed by atoms with Crippen LogP contribution < -0.4 is 0 Å². The number of rotatable bonds is 7. The smallest absolute Gasteiger partial charge is 0.335 e. The number of hydrogen-bond acceptors (Lipinski definition) is 5. The molecule has 0 radical (unpaired) electrons. The summed E-state index contributed by atoms with van der Waals surface area (Å²) in [5.41, 5.74) is 4.37. The van der Waals surface area contributed by atoms with Crippen molar-refractivity contribution in [1.29, 1.82) is 0 Å². The topological polar surface area (TPSA) is 107 Å². The fraction of sp³-hybridized carbons (Fsp3) is 0.100. The van der Waals surface area contributed by atoms with Gasteiger partial charge in [-0.1, -0.05) is 67.9 Å². The second-order valence-electron chi connectivity index (χ2n) is 8.70. The van der Waals surface area contributed by atoms with E-state index in [0.717, 1.165) is 24.0 Å². The molecule has 37 heavy (non-hydrogen) atoms. The minimum Gasteiger partial charge on any atom is -0.505 e. The monoisotopic (exact) mass is 491 g/mol. The number of nitrogens with zero attached hydrogens (tertiary/aromatic N) is 3. The molecular weight excluding hydrogens is 466 g/mol. The molecular formula is C30H25N3O4. The predicted molar refractivity (Wildman–Crippen MR) is 144 cm³/mol. The first-order valence-electron chi connectivity index (χ1n) is 12.0. The van der Waals surface area contributed by atoms with Crippen molar-refractivity contribution in [2.75, 3.05) is 0 Å². The molecule has 0 atom stereocenters. The van der Waals surface area contributed by atoms with Gasteiger partial charge < -0.3 is 15.3 Å². The van der Waals surface area contributed by atoms with Gasteiger partial charge in [0.1, 0.15) is 5.69 Å². The van der Waals surface area contributed by atoms with Gasteiger partial charge in [-0.2, -0.15) is 0 Å². The number of aromatic carboxylic acids is 1. The number of phenolic OH excluding ortho intramolecular Hbond substituents is 1. The fourth-order valence-corrected chi connectivity index (χ4v) is 4.44. The molecule has 4 aromatic carbocycles. The Hall–Kier alpha value is -4.91. The number of aromatic hydroxyl groups is 2. The van der Waals surface area contributed by atoms with Gasteiger partial charge in [0.15, 0.2) is 11.4 Å². The fourth-order valence-electron chi connectivity index (χ4n) is 4.44. The summed E-state index contributed by atoms with van der Waals surface area (Å²) in [4.78, 5) is 11.4. The lowest BCUT2D eigenvalue weighted by molar-refractivity contribution is 0.0697. The van der Waals surface area contributed by atoms with Gasteiger partial charge in [-0.05, 0) is 53.9 Å². The van der Waals surface area contributed by atoms with E-state index >= 15 is 0 Å². The molecule has 5 aromatic rings. The maximum Gasteiger partial charge on any atom is 0.335 e. The largest absolute Gasteiger partial charge is 0.505 e. The molecule has 3 N–H and O–H groups in total. The summed E-state index contributed by atoms with van der Waals surface area (Å²) in [6.07, 6.45) is 2.04. The highest BCUT2D eigenvalue weighted by Gasteiger charge is 2.18. The maximum absolute atomic E-state index is 11.4. The van der Waals surface area contributed by atoms with Crippen LogP contribution in [-0.2, 0) is 6.42 Å². The molecule has 0 fully saturated rings. The second-order valence-corrected chi connectivity index (χ2v) is 8.70. The van der Waals surface area contributed by atoms with Gasteiger partial charge in [0.25, 0.3) is 0 Å². The second kappa shape index (κ2) is 9.99. The van der Waals surface area contributed by atoms with Crippen LogP contribution in [0.2, 0.25) is 0 Å². The highest BCUT2D eigenvalue weighted by molar-refractivity contribution is 5.96. The summed E-state index contributed by atoms with van der Waals surface area (Å²) in [5, 5.41) is 40.7. The van der Waals surface area contributed by atoms with Crippen molar-refractivity contribution in [3.05, 3.63) is 102 Å². The van der Waals surface area contributed by atoms with E-state index in [1.54, 1.807) is 34.9 Å². The minimum atomic E-state index is -1.05. The van der Waals surface area contributed by atoms with Crippen molar-refractivity contribution >= 4 is 28.2 Å². The molecule has 0 aliphatic heterocycles. The molecule has 0 saturated heterocycles. The summed E-state index contributed by atoms with van der Waals surface area (Å²) >= 11 is 0. The van der Waals surface area contributed by atoms with Crippen molar-refractivity contribution in [2.24, 2.45) is 10.2 Å². The molecule has 5 rings (SSSR count). The molecule has 0 bridgehead atoms. The van der Waals surface area contributed by atoms with Gasteiger partial charge in [-0.25, -0.2) is 4.79 Å². The molecule has 0 aliphatic rings. The van der Waals surface area contributed by atoms with Crippen molar-refractivity contribution in [1.82, 2.24) is 4.57 Å². The predicted octanol–water partition coefficient (Wildman–Crippen LogP) is 7.77. The van der Waals surface area contributed by atoms with Crippen LogP contribution >= 0.6 is 0 Å². The van der Waals surface area contributed by atoms with Crippen LogP contribution in [0.15, 0.2) is 101 Å². The van der Waals surface area contributed by atoms with Gasteiger partial charge in [-0.15, -0.1) is 10.2 Å². The average Bonchev–Trinajstić information content (AvgIpc) is 3.20. The summed E-state index contributed by atoms with van der Waals surface area (Å²) in [5.74, 6) is -1.24. The summed E-state index contributed by atoms with van der Waals surface area (Å²) in [6.45, 7) is 2.14. The van der Waals surface area contributed by atoms with Crippen LogP contribution in [0.4, 0.5) is 11.4 Å². The minimum absolute atomic E-state index is 0.0574. The van der Waals surface area contributed by atoms with Gasteiger partial charge in [0, 0.05) is 16.6 Å². The molecule has 7 heteroatoms. The molecule has 0 amide bonds. The third-order valence-electron chi connectivity index (χ3n) is 6.25. The molecule has 184 valence electrons. The first-order valence-corrected chi connectivity index (χ1v) is 12.0. The van der Waals surface area contributed by atoms with Gasteiger partial charge >= 0.3 is 5.97 Å². The molecule has 1 heterocycles. The zero-order valence-corrected chi connectivity index (χ0v) is 20.2. The first kappa shape index (κ1) is 23.8. The zero-order chi connectivity index (χ0) is 25.9. The standard InChI is InChI=1S/C30H25N3O4/c1-2-7-19-14-16-22(17-15-19)33-26-13-4-3-10-24(26)27(29(33)35)32-31-25-12-6-11-23(28(25)34)20-8-5-9-21(18-20)30(36)37/h3-6,8-18,34-35H,2,7H2,1H3,(H,36,37). The van der Waals surface area contributed by atoms with Gasteiger partial charge in [-0.3, -0.25) is 4.57 Å². The number of hydrogen-bond donors (Lipinski definition) is 3. The van der Waals surface area contributed by atoms with Crippen LogP contribution in [-0.4, -0.2) is 25.9 Å². The van der Waals surface area contributed by atoms with E-state index in [0.29, 0.717) is 16.5 Å². The number of para-hydroxylation sites is 2. The van der Waals surface area contributed by atoms with E-state index in [2.05, 4.69) is 29.3 Å². The normalized spacial score (nSPS) is 11.4. The zero-order valence-electron chi connectivity index (χ0n) is 20.2. The Morgan fingerprint density at radius 1 is 0.865 bits per heavy atom. The Morgan fingerprint density at radius 2 is 1.62 bits per heavy atom. The molecule has 1 aromatic heterocycles. The van der Waals surface area contributed by atoms with Gasteiger partial charge in [0.05, 0.1) is 11.1 Å². The molecule has 7 nitrogen and oxygen atoms in total. The highest BCUT2D eigenvalue weighted by Crippen LogP contribution is 2.43. The van der Waals surface area contributed by atoms with Crippen molar-refractivity contribution in [3.63, 3.8) is 0 Å². The number of carboxylic acid groups (broad SMARTS) is 1. The summed E-state index contributed by atoms with van der Waals surface area (Å²) < 4.78 is 1.73. The Balaban J connectivity index is 1.56. The van der Waals surface area contributed by atoms with Crippen molar-refractivity contribution in [2.45, 2.75) is 19.8 Å². The summed E-state index contributed by atoms with van der Waals surface area (Å²) in [6, 6.07) is 26.9. The Kier molecular flexibility index (Phi) is 6.43. The van der Waals surface area contributed by atoms with Crippen LogP contribution in [0, 0.1) is 0 Å². The lowest BCUT2D eigenvalue weighted by atomic mass is 10.0. The quantitative estimate of drug-likeness (QED) is 0.202. The van der Waals surface area contributed by atoms with Crippen LogP contribution in [0.1, 0.15) is 29.3 Å². The number of fused-ring (bicyclic) bond motifs is 1. The number of carbonyl (C=O) groups is 1. The maximum atomic E-state index is 11.4. The highest BCUT2D eigenvalue weighted by atomic mass is 16.4. The van der Waals surface area contributed by atoms with E-state index in [9.17, 15) is 20.1 Å². The van der Waals surface area contributed by atoms with E-state index in [1.165, 1.54) is 17.7 Å². The number of phenols is 1. The lowest BCUT2D eigenvalue weighted by Gasteiger charge is -2.08. The van der Waals surface area contributed by atoms with Crippen LogP contribution in [0.5, 0.6) is 11.6 Å².